The Hall–Kier alpha value is -0.820. The smallest absolute Gasteiger partial charge is 0.0210 e. The van der Waals surface area contributed by atoms with E-state index in [1.54, 1.807) is 5.56 Å². The van der Waals surface area contributed by atoms with E-state index >= 15 is 0 Å². The summed E-state index contributed by atoms with van der Waals surface area (Å²) >= 11 is 0. The quantitative estimate of drug-likeness (QED) is 0.750. The van der Waals surface area contributed by atoms with E-state index < -0.39 is 0 Å². The molecule has 1 N–H and O–H groups in total. The van der Waals surface area contributed by atoms with Crippen LogP contribution in [0.5, 0.6) is 0 Å². The zero-order valence-electron chi connectivity index (χ0n) is 8.50. The second-order valence-electron chi connectivity index (χ2n) is 4.73. The van der Waals surface area contributed by atoms with Gasteiger partial charge >= 0.3 is 0 Å². The average Bonchev–Trinajstić information content (AvgIpc) is 3.02. The molecular formula is C13H17N. The van der Waals surface area contributed by atoms with E-state index in [-0.39, 0.29) is 0 Å². The molecule has 1 fully saturated rings. The summed E-state index contributed by atoms with van der Waals surface area (Å²) in [5, 5.41) is 3.65. The predicted molar refractivity (Wildman–Crippen MR) is 58.1 cm³/mol. The molecule has 1 heteroatoms. The first-order chi connectivity index (χ1) is 6.92. The fraction of sp³-hybridized carbons (Fsp3) is 0.538. The van der Waals surface area contributed by atoms with Crippen LogP contribution in [0.1, 0.15) is 30.4 Å². The van der Waals surface area contributed by atoms with Crippen LogP contribution in [0.4, 0.5) is 0 Å². The molecule has 0 bridgehead atoms. The van der Waals surface area contributed by atoms with Gasteiger partial charge in [-0.05, 0) is 29.9 Å². The molecule has 1 aliphatic heterocycles. The van der Waals surface area contributed by atoms with E-state index in [0.29, 0.717) is 0 Å². The Morgan fingerprint density at radius 2 is 1.93 bits per heavy atom. The van der Waals surface area contributed by atoms with Crippen LogP contribution < -0.4 is 5.32 Å². The third-order valence-electron chi connectivity index (χ3n) is 3.48. The number of hydrogen-bond donors (Lipinski definition) is 1. The Morgan fingerprint density at radius 1 is 1.14 bits per heavy atom. The van der Waals surface area contributed by atoms with Crippen molar-refractivity contribution in [3.05, 3.63) is 35.4 Å². The summed E-state index contributed by atoms with van der Waals surface area (Å²) in [6.07, 6.45) is 5.58. The summed E-state index contributed by atoms with van der Waals surface area (Å²) < 4.78 is 0. The van der Waals surface area contributed by atoms with E-state index in [4.69, 9.17) is 0 Å². The lowest BCUT2D eigenvalue weighted by Gasteiger charge is -2.26. The van der Waals surface area contributed by atoms with Crippen molar-refractivity contribution in [3.8, 4) is 0 Å². The molecule has 1 nitrogen and oxygen atoms in total. The highest BCUT2D eigenvalue weighted by atomic mass is 14.9. The van der Waals surface area contributed by atoms with Gasteiger partial charge in [0, 0.05) is 12.6 Å². The van der Waals surface area contributed by atoms with Crippen LogP contribution in [0.3, 0.4) is 0 Å². The molecule has 0 spiro atoms. The second-order valence-corrected chi connectivity index (χ2v) is 4.73. The Kier molecular flexibility index (Phi) is 2.06. The zero-order valence-corrected chi connectivity index (χ0v) is 8.50. The predicted octanol–water partition coefficient (Wildman–Crippen LogP) is 2.50. The van der Waals surface area contributed by atoms with Crippen LogP contribution in [0.15, 0.2) is 24.3 Å². The monoisotopic (exact) mass is 187 g/mol. The number of rotatable bonds is 2. The first kappa shape index (κ1) is 8.49. The molecular weight excluding hydrogens is 170 g/mol. The van der Waals surface area contributed by atoms with Crippen molar-refractivity contribution in [2.75, 3.05) is 0 Å². The largest absolute Gasteiger partial charge is 0.310 e. The van der Waals surface area contributed by atoms with Crippen molar-refractivity contribution in [2.24, 2.45) is 5.92 Å². The van der Waals surface area contributed by atoms with Crippen LogP contribution in [0, 0.1) is 5.92 Å². The SMILES string of the molecule is c1ccc2c(c1)CNC(CC1CC1)C2. The molecule has 1 unspecified atom stereocenters. The lowest BCUT2D eigenvalue weighted by Crippen LogP contribution is -2.35. The summed E-state index contributed by atoms with van der Waals surface area (Å²) in [5.74, 6) is 1.04. The normalized spacial score (nSPS) is 25.9. The molecule has 3 rings (SSSR count). The Morgan fingerprint density at radius 3 is 2.71 bits per heavy atom. The lowest BCUT2D eigenvalue weighted by atomic mass is 9.93. The van der Waals surface area contributed by atoms with Crippen LogP contribution in [-0.2, 0) is 13.0 Å². The first-order valence-corrected chi connectivity index (χ1v) is 5.72. The van der Waals surface area contributed by atoms with Crippen molar-refractivity contribution in [1.29, 1.82) is 0 Å². The number of hydrogen-bond acceptors (Lipinski definition) is 1. The van der Waals surface area contributed by atoms with E-state index in [0.717, 1.165) is 18.5 Å². The number of nitrogens with one attached hydrogen (secondary N) is 1. The highest BCUT2D eigenvalue weighted by molar-refractivity contribution is 5.29. The average molecular weight is 187 g/mol. The third kappa shape index (κ3) is 1.69. The highest BCUT2D eigenvalue weighted by Gasteiger charge is 2.27. The summed E-state index contributed by atoms with van der Waals surface area (Å²) in [4.78, 5) is 0. The van der Waals surface area contributed by atoms with E-state index in [2.05, 4.69) is 29.6 Å². The van der Waals surface area contributed by atoms with Crippen molar-refractivity contribution in [1.82, 2.24) is 5.32 Å². The topological polar surface area (TPSA) is 12.0 Å². The maximum Gasteiger partial charge on any atom is 0.0210 e. The highest BCUT2D eigenvalue weighted by Crippen LogP contribution is 2.35. The Bertz CT molecular complexity index is 328. The molecule has 1 saturated carbocycles. The Balaban J connectivity index is 1.72. The third-order valence-corrected chi connectivity index (χ3v) is 3.48. The van der Waals surface area contributed by atoms with Gasteiger partial charge in [-0.15, -0.1) is 0 Å². The van der Waals surface area contributed by atoms with Crippen molar-refractivity contribution in [2.45, 2.75) is 38.3 Å². The van der Waals surface area contributed by atoms with Gasteiger partial charge in [-0.1, -0.05) is 37.1 Å². The molecule has 1 heterocycles. The van der Waals surface area contributed by atoms with Crippen molar-refractivity contribution in [3.63, 3.8) is 0 Å². The standard InChI is InChI=1S/C13H17N/c1-2-4-12-9-14-13(7-10-5-6-10)8-11(12)3-1/h1-4,10,13-14H,5-9H2. The van der Waals surface area contributed by atoms with E-state index in [1.165, 1.54) is 31.2 Å². The second kappa shape index (κ2) is 3.39. The van der Waals surface area contributed by atoms with Crippen LogP contribution in [0.25, 0.3) is 0 Å². The minimum Gasteiger partial charge on any atom is -0.310 e. The molecule has 1 aromatic rings. The molecule has 1 atom stereocenters. The first-order valence-electron chi connectivity index (χ1n) is 5.72. The van der Waals surface area contributed by atoms with Crippen LogP contribution in [-0.4, -0.2) is 6.04 Å². The minimum atomic E-state index is 0.748. The maximum absolute atomic E-state index is 3.65. The number of fused-ring (bicyclic) bond motifs is 1. The molecule has 1 aromatic carbocycles. The van der Waals surface area contributed by atoms with Gasteiger partial charge in [0.1, 0.15) is 0 Å². The fourth-order valence-corrected chi connectivity index (χ4v) is 2.44. The van der Waals surface area contributed by atoms with E-state index in [1.807, 2.05) is 0 Å². The summed E-state index contributed by atoms with van der Waals surface area (Å²) in [5.41, 5.74) is 3.07. The molecule has 14 heavy (non-hydrogen) atoms. The van der Waals surface area contributed by atoms with Crippen molar-refractivity contribution >= 4 is 0 Å². The van der Waals surface area contributed by atoms with Gasteiger partial charge in [0.2, 0.25) is 0 Å². The molecule has 2 aliphatic rings. The molecule has 74 valence electrons. The lowest BCUT2D eigenvalue weighted by molar-refractivity contribution is 0.432. The van der Waals surface area contributed by atoms with E-state index in [9.17, 15) is 0 Å². The van der Waals surface area contributed by atoms with Crippen molar-refractivity contribution < 1.29 is 0 Å². The van der Waals surface area contributed by atoms with Gasteiger partial charge in [0.25, 0.3) is 0 Å². The molecule has 0 aromatic heterocycles. The van der Waals surface area contributed by atoms with Gasteiger partial charge in [0.15, 0.2) is 0 Å². The van der Waals surface area contributed by atoms with Gasteiger partial charge in [-0.25, -0.2) is 0 Å². The maximum atomic E-state index is 3.65. The van der Waals surface area contributed by atoms with Gasteiger partial charge in [-0.3, -0.25) is 0 Å². The summed E-state index contributed by atoms with van der Waals surface area (Å²) in [7, 11) is 0. The molecule has 1 aliphatic carbocycles. The minimum absolute atomic E-state index is 0.748. The van der Waals surface area contributed by atoms with Gasteiger partial charge in [0.05, 0.1) is 0 Å². The van der Waals surface area contributed by atoms with Gasteiger partial charge in [-0.2, -0.15) is 0 Å². The number of benzene rings is 1. The van der Waals surface area contributed by atoms with Gasteiger partial charge < -0.3 is 5.32 Å². The van der Waals surface area contributed by atoms with Crippen LogP contribution >= 0.6 is 0 Å². The Labute approximate surface area is 85.5 Å². The zero-order chi connectivity index (χ0) is 9.38. The molecule has 0 amide bonds. The molecule has 0 saturated heterocycles. The molecule has 0 radical (unpaired) electrons. The fourth-order valence-electron chi connectivity index (χ4n) is 2.44. The summed E-state index contributed by atoms with van der Waals surface area (Å²) in [6.45, 7) is 1.08. The van der Waals surface area contributed by atoms with Crippen LogP contribution in [0.2, 0.25) is 0 Å². The summed E-state index contributed by atoms with van der Waals surface area (Å²) in [6, 6.07) is 9.59.